The summed E-state index contributed by atoms with van der Waals surface area (Å²) in [5, 5.41) is 10.5. The number of rotatable bonds is 6. The number of nitrogens with zero attached hydrogens (tertiary/aromatic N) is 1. The van der Waals surface area contributed by atoms with Crippen LogP contribution in [0, 0.1) is 5.82 Å². The van der Waals surface area contributed by atoms with Gasteiger partial charge in [-0.2, -0.15) is 0 Å². The minimum Gasteiger partial charge on any atom is -0.492 e. The number of hydrogen-bond donors (Lipinski definition) is 1. The molecule has 0 unspecified atom stereocenters. The fraction of sp³-hybridized carbons (Fsp3) is 0.429. The number of halogens is 1. The van der Waals surface area contributed by atoms with Crippen molar-refractivity contribution < 1.29 is 28.4 Å². The third kappa shape index (κ3) is 4.48. The predicted octanol–water partition coefficient (Wildman–Crippen LogP) is 2.49. The van der Waals surface area contributed by atoms with Crippen LogP contribution < -0.4 is 18.9 Å². The molecule has 1 fully saturated rings. The van der Waals surface area contributed by atoms with Gasteiger partial charge in [-0.1, -0.05) is 6.07 Å². The quantitative estimate of drug-likeness (QED) is 0.819. The Bertz CT molecular complexity index is 785. The molecule has 6 nitrogen and oxygen atoms in total. The second-order valence-electron chi connectivity index (χ2n) is 6.90. The highest BCUT2D eigenvalue weighted by Gasteiger charge is 2.30. The molecule has 0 saturated carbocycles. The van der Waals surface area contributed by atoms with Gasteiger partial charge in [0.25, 0.3) is 0 Å². The molecule has 0 bridgehead atoms. The SMILES string of the molecule is O[C@@H]1CN(CCOc2ccc(F)cc2)CC[C@H]1Oc1cccc2c1OCCO2. The molecule has 150 valence electrons. The molecule has 0 amide bonds. The van der Waals surface area contributed by atoms with Crippen molar-refractivity contribution in [2.75, 3.05) is 39.5 Å². The van der Waals surface area contributed by atoms with Crippen molar-refractivity contribution in [2.24, 2.45) is 0 Å². The van der Waals surface area contributed by atoms with Gasteiger partial charge < -0.3 is 24.1 Å². The zero-order valence-corrected chi connectivity index (χ0v) is 15.6. The van der Waals surface area contributed by atoms with Crippen LogP contribution in [0.2, 0.25) is 0 Å². The molecule has 2 atom stereocenters. The van der Waals surface area contributed by atoms with Crippen LogP contribution in [0.25, 0.3) is 0 Å². The maximum Gasteiger partial charge on any atom is 0.203 e. The molecule has 2 heterocycles. The zero-order valence-electron chi connectivity index (χ0n) is 15.6. The maximum absolute atomic E-state index is 12.9. The van der Waals surface area contributed by atoms with Gasteiger partial charge in [-0.15, -0.1) is 0 Å². The number of aliphatic hydroxyl groups excluding tert-OH is 1. The Morgan fingerprint density at radius 1 is 1.11 bits per heavy atom. The molecule has 2 aromatic carbocycles. The molecule has 2 aliphatic rings. The lowest BCUT2D eigenvalue weighted by molar-refractivity contribution is -0.0290. The number of aliphatic hydroxyl groups is 1. The Balaban J connectivity index is 1.27. The van der Waals surface area contributed by atoms with E-state index in [-0.39, 0.29) is 11.9 Å². The van der Waals surface area contributed by atoms with Gasteiger partial charge in [0.15, 0.2) is 11.5 Å². The third-order valence-corrected chi connectivity index (χ3v) is 4.90. The van der Waals surface area contributed by atoms with E-state index in [9.17, 15) is 9.50 Å². The first-order valence-corrected chi connectivity index (χ1v) is 9.53. The smallest absolute Gasteiger partial charge is 0.203 e. The molecule has 0 aromatic heterocycles. The maximum atomic E-state index is 12.9. The van der Waals surface area contributed by atoms with Crippen LogP contribution in [0.1, 0.15) is 6.42 Å². The molecule has 2 aromatic rings. The van der Waals surface area contributed by atoms with Crippen LogP contribution in [-0.2, 0) is 0 Å². The first-order valence-electron chi connectivity index (χ1n) is 9.53. The van der Waals surface area contributed by atoms with E-state index < -0.39 is 6.10 Å². The fourth-order valence-corrected chi connectivity index (χ4v) is 3.44. The van der Waals surface area contributed by atoms with Gasteiger partial charge in [0.2, 0.25) is 5.75 Å². The number of fused-ring (bicyclic) bond motifs is 1. The van der Waals surface area contributed by atoms with E-state index in [1.54, 1.807) is 12.1 Å². The van der Waals surface area contributed by atoms with Crippen LogP contribution in [0.4, 0.5) is 4.39 Å². The first kappa shape index (κ1) is 18.8. The molecule has 1 saturated heterocycles. The van der Waals surface area contributed by atoms with Crippen molar-refractivity contribution >= 4 is 0 Å². The van der Waals surface area contributed by atoms with E-state index in [1.807, 2.05) is 18.2 Å². The van der Waals surface area contributed by atoms with Gasteiger partial charge in [0, 0.05) is 19.6 Å². The number of para-hydroxylation sites is 1. The van der Waals surface area contributed by atoms with E-state index in [1.165, 1.54) is 12.1 Å². The number of ether oxygens (including phenoxy) is 4. The van der Waals surface area contributed by atoms with Gasteiger partial charge in [0.1, 0.15) is 43.6 Å². The minimum absolute atomic E-state index is 0.283. The summed E-state index contributed by atoms with van der Waals surface area (Å²) in [6, 6.07) is 11.5. The van der Waals surface area contributed by atoms with E-state index >= 15 is 0 Å². The molecular weight excluding hydrogens is 365 g/mol. The highest BCUT2D eigenvalue weighted by molar-refractivity contribution is 5.51. The van der Waals surface area contributed by atoms with E-state index in [0.717, 1.165) is 6.54 Å². The van der Waals surface area contributed by atoms with Gasteiger partial charge >= 0.3 is 0 Å². The summed E-state index contributed by atoms with van der Waals surface area (Å²) < 4.78 is 35.8. The van der Waals surface area contributed by atoms with Crippen molar-refractivity contribution in [3.05, 3.63) is 48.3 Å². The Morgan fingerprint density at radius 2 is 1.93 bits per heavy atom. The normalized spacial score (nSPS) is 21.9. The Kier molecular flexibility index (Phi) is 5.83. The highest BCUT2D eigenvalue weighted by Crippen LogP contribution is 2.40. The average Bonchev–Trinajstić information content (AvgIpc) is 2.72. The van der Waals surface area contributed by atoms with E-state index in [4.69, 9.17) is 18.9 Å². The summed E-state index contributed by atoms with van der Waals surface area (Å²) in [7, 11) is 0. The lowest BCUT2D eigenvalue weighted by atomic mass is 10.0. The number of likely N-dealkylation sites (tertiary alicyclic amines) is 1. The summed E-state index contributed by atoms with van der Waals surface area (Å²) in [5.74, 6) is 2.24. The fourth-order valence-electron chi connectivity index (χ4n) is 3.44. The summed E-state index contributed by atoms with van der Waals surface area (Å²) >= 11 is 0. The second kappa shape index (κ2) is 8.67. The van der Waals surface area contributed by atoms with Crippen molar-refractivity contribution in [2.45, 2.75) is 18.6 Å². The molecule has 0 spiro atoms. The third-order valence-electron chi connectivity index (χ3n) is 4.90. The number of hydrogen-bond acceptors (Lipinski definition) is 6. The summed E-state index contributed by atoms with van der Waals surface area (Å²) in [6.07, 6.45) is -0.214. The Labute approximate surface area is 163 Å². The molecule has 4 rings (SSSR count). The van der Waals surface area contributed by atoms with Gasteiger partial charge in [-0.25, -0.2) is 4.39 Å². The molecule has 0 aliphatic carbocycles. The largest absolute Gasteiger partial charge is 0.492 e. The monoisotopic (exact) mass is 389 g/mol. The second-order valence-corrected chi connectivity index (χ2v) is 6.90. The molecule has 1 N–H and O–H groups in total. The van der Waals surface area contributed by atoms with Gasteiger partial charge in [-0.05, 0) is 42.8 Å². The lowest BCUT2D eigenvalue weighted by Crippen LogP contribution is -2.49. The van der Waals surface area contributed by atoms with Crippen LogP contribution in [0.5, 0.6) is 23.0 Å². The standard InChI is InChI=1S/C21H24FNO5/c22-15-4-6-16(7-5-15)25-11-10-23-9-8-18(17(24)14-23)28-20-3-1-2-19-21(20)27-13-12-26-19/h1-7,17-18,24H,8-14H2/t17-,18-/m1/s1. The van der Waals surface area contributed by atoms with Crippen molar-refractivity contribution in [1.82, 2.24) is 4.90 Å². The number of piperidine rings is 1. The van der Waals surface area contributed by atoms with Crippen LogP contribution >= 0.6 is 0 Å². The molecular formula is C21H24FNO5. The van der Waals surface area contributed by atoms with E-state index in [2.05, 4.69) is 4.90 Å². The Morgan fingerprint density at radius 3 is 2.75 bits per heavy atom. The minimum atomic E-state index is -0.611. The topological polar surface area (TPSA) is 60.4 Å². The number of β-amino-alcohol motifs (C(OH)–C–C–N with tert-alkyl or cyclic N) is 1. The first-order chi connectivity index (χ1) is 13.7. The summed E-state index contributed by atoms with van der Waals surface area (Å²) in [5.41, 5.74) is 0. The highest BCUT2D eigenvalue weighted by atomic mass is 19.1. The van der Waals surface area contributed by atoms with Crippen LogP contribution in [-0.4, -0.2) is 61.7 Å². The zero-order chi connectivity index (χ0) is 19.3. The van der Waals surface area contributed by atoms with E-state index in [0.29, 0.717) is 62.3 Å². The van der Waals surface area contributed by atoms with Gasteiger partial charge in [-0.3, -0.25) is 4.90 Å². The summed E-state index contributed by atoms with van der Waals surface area (Å²) in [6.45, 7) is 3.46. The molecule has 0 radical (unpaired) electrons. The molecule has 7 heteroatoms. The van der Waals surface area contributed by atoms with Crippen molar-refractivity contribution in [1.29, 1.82) is 0 Å². The average molecular weight is 389 g/mol. The molecule has 2 aliphatic heterocycles. The molecule has 28 heavy (non-hydrogen) atoms. The van der Waals surface area contributed by atoms with Crippen molar-refractivity contribution in [3.8, 4) is 23.0 Å². The predicted molar refractivity (Wildman–Crippen MR) is 101 cm³/mol. The Hall–Kier alpha value is -2.51. The van der Waals surface area contributed by atoms with Crippen LogP contribution in [0.15, 0.2) is 42.5 Å². The van der Waals surface area contributed by atoms with Gasteiger partial charge in [0.05, 0.1) is 0 Å². The van der Waals surface area contributed by atoms with Crippen molar-refractivity contribution in [3.63, 3.8) is 0 Å². The lowest BCUT2D eigenvalue weighted by Gasteiger charge is -2.36. The van der Waals surface area contributed by atoms with Crippen LogP contribution in [0.3, 0.4) is 0 Å². The number of benzene rings is 2. The summed E-state index contributed by atoms with van der Waals surface area (Å²) in [4.78, 5) is 2.13.